The lowest BCUT2D eigenvalue weighted by atomic mass is 10.3. The molecule has 0 saturated carbocycles. The van der Waals surface area contributed by atoms with Crippen molar-refractivity contribution in [3.05, 3.63) is 28.7 Å². The Balaban J connectivity index is 2.17. The monoisotopic (exact) mass is 347 g/mol. The van der Waals surface area contributed by atoms with Gasteiger partial charge in [-0.3, -0.25) is 0 Å². The molecule has 3 nitrogen and oxygen atoms in total. The van der Waals surface area contributed by atoms with E-state index in [9.17, 15) is 5.11 Å². The molecule has 1 aromatic carbocycles. The Morgan fingerprint density at radius 2 is 2.05 bits per heavy atom. The summed E-state index contributed by atoms with van der Waals surface area (Å²) in [6.07, 6.45) is -0.488. The van der Waals surface area contributed by atoms with Crippen LogP contribution in [0.15, 0.2) is 28.7 Å². The second-order valence-electron chi connectivity index (χ2n) is 4.39. The lowest BCUT2D eigenvalue weighted by Crippen LogP contribution is -2.37. The predicted molar refractivity (Wildman–Crippen MR) is 86.1 cm³/mol. The van der Waals surface area contributed by atoms with Crippen molar-refractivity contribution in [3.63, 3.8) is 0 Å². The van der Waals surface area contributed by atoms with E-state index in [1.54, 1.807) is 0 Å². The van der Waals surface area contributed by atoms with Crippen LogP contribution in [0.1, 0.15) is 13.8 Å². The van der Waals surface area contributed by atoms with Crippen LogP contribution in [-0.2, 0) is 0 Å². The number of benzene rings is 1. The molecule has 0 aliphatic heterocycles. The van der Waals surface area contributed by atoms with Gasteiger partial charge in [-0.15, -0.1) is 0 Å². The van der Waals surface area contributed by atoms with Gasteiger partial charge in [0.15, 0.2) is 0 Å². The summed E-state index contributed by atoms with van der Waals surface area (Å²) in [7, 11) is 0. The minimum atomic E-state index is -0.488. The molecule has 0 fully saturated rings. The van der Waals surface area contributed by atoms with Crippen LogP contribution in [0.4, 0.5) is 0 Å². The molecule has 2 atom stereocenters. The van der Waals surface area contributed by atoms with Crippen molar-refractivity contribution in [2.75, 3.05) is 24.7 Å². The minimum Gasteiger partial charge on any atom is -0.491 e. The second-order valence-corrected chi connectivity index (χ2v) is 6.62. The number of ether oxygens (including phenoxy) is 1. The molecule has 0 aliphatic carbocycles. The quantitative estimate of drug-likeness (QED) is 0.720. The lowest BCUT2D eigenvalue weighted by Gasteiger charge is -2.17. The number of aliphatic hydroxyl groups excluding tert-OH is 1. The summed E-state index contributed by atoms with van der Waals surface area (Å²) in [5.41, 5.74) is 0. The van der Waals surface area contributed by atoms with Gasteiger partial charge >= 0.3 is 0 Å². The molecular formula is C14H22BrNO2S. The van der Waals surface area contributed by atoms with E-state index < -0.39 is 6.10 Å². The Kier molecular flexibility index (Phi) is 8.53. The third-order valence-corrected chi connectivity index (χ3v) is 4.20. The van der Waals surface area contributed by atoms with Crippen molar-refractivity contribution >= 4 is 27.7 Å². The van der Waals surface area contributed by atoms with Gasteiger partial charge in [-0.2, -0.15) is 11.8 Å². The molecule has 1 aromatic rings. The second kappa shape index (κ2) is 9.64. The topological polar surface area (TPSA) is 41.5 Å². The molecular weight excluding hydrogens is 326 g/mol. The Hall–Kier alpha value is -0.230. The maximum atomic E-state index is 9.84. The number of rotatable bonds is 9. The predicted octanol–water partition coefficient (Wildman–Crippen LogP) is 2.92. The van der Waals surface area contributed by atoms with Crippen LogP contribution < -0.4 is 10.1 Å². The Morgan fingerprint density at radius 3 is 2.68 bits per heavy atom. The van der Waals surface area contributed by atoms with Gasteiger partial charge in [-0.25, -0.2) is 0 Å². The SMILES string of the molecule is CCSCC(C)NCC(O)COc1ccc(Br)cc1. The Morgan fingerprint density at radius 1 is 1.37 bits per heavy atom. The first kappa shape index (κ1) is 16.8. The molecule has 0 aliphatic rings. The number of nitrogens with one attached hydrogen (secondary N) is 1. The number of thioether (sulfide) groups is 1. The summed E-state index contributed by atoms with van der Waals surface area (Å²) in [5.74, 6) is 2.97. The van der Waals surface area contributed by atoms with Gasteiger partial charge in [0, 0.05) is 22.8 Å². The zero-order chi connectivity index (χ0) is 14.1. The van der Waals surface area contributed by atoms with Gasteiger partial charge in [0.1, 0.15) is 18.5 Å². The van der Waals surface area contributed by atoms with Crippen LogP contribution in [-0.4, -0.2) is 41.9 Å². The standard InChI is InChI=1S/C14H22BrNO2S/c1-3-19-10-11(2)16-8-13(17)9-18-14-6-4-12(15)5-7-14/h4-7,11,13,16-17H,3,8-10H2,1-2H3. The van der Waals surface area contributed by atoms with Crippen LogP contribution in [0.5, 0.6) is 5.75 Å². The molecule has 0 spiro atoms. The van der Waals surface area contributed by atoms with E-state index in [0.29, 0.717) is 19.2 Å². The van der Waals surface area contributed by atoms with Crippen molar-refractivity contribution in [2.45, 2.75) is 26.0 Å². The number of hydrogen-bond donors (Lipinski definition) is 2. The largest absolute Gasteiger partial charge is 0.491 e. The third kappa shape index (κ3) is 7.82. The summed E-state index contributed by atoms with van der Waals surface area (Å²) < 4.78 is 6.54. The highest BCUT2D eigenvalue weighted by atomic mass is 79.9. The lowest BCUT2D eigenvalue weighted by molar-refractivity contribution is 0.105. The fraction of sp³-hybridized carbons (Fsp3) is 0.571. The van der Waals surface area contributed by atoms with Crippen molar-refractivity contribution in [1.82, 2.24) is 5.32 Å². The molecule has 2 N–H and O–H groups in total. The molecule has 0 bridgehead atoms. The van der Waals surface area contributed by atoms with Crippen LogP contribution in [0.3, 0.4) is 0 Å². The summed E-state index contributed by atoms with van der Waals surface area (Å²) >= 11 is 5.27. The third-order valence-electron chi connectivity index (χ3n) is 2.53. The molecule has 2 unspecified atom stereocenters. The van der Waals surface area contributed by atoms with Crippen molar-refractivity contribution < 1.29 is 9.84 Å². The van der Waals surface area contributed by atoms with E-state index in [-0.39, 0.29) is 0 Å². The van der Waals surface area contributed by atoms with Gasteiger partial charge in [0.25, 0.3) is 0 Å². The highest BCUT2D eigenvalue weighted by Crippen LogP contribution is 2.16. The van der Waals surface area contributed by atoms with Crippen LogP contribution >= 0.6 is 27.7 Å². The molecule has 5 heteroatoms. The van der Waals surface area contributed by atoms with E-state index in [1.165, 1.54) is 0 Å². The highest BCUT2D eigenvalue weighted by molar-refractivity contribution is 9.10. The Bertz CT molecular complexity index is 348. The number of aliphatic hydroxyl groups is 1. The van der Waals surface area contributed by atoms with Gasteiger partial charge in [-0.05, 0) is 36.9 Å². The number of hydrogen-bond acceptors (Lipinski definition) is 4. The maximum absolute atomic E-state index is 9.84. The Labute approximate surface area is 128 Å². The first-order chi connectivity index (χ1) is 9.11. The van der Waals surface area contributed by atoms with Gasteiger partial charge < -0.3 is 15.2 Å². The van der Waals surface area contributed by atoms with E-state index >= 15 is 0 Å². The molecule has 0 saturated heterocycles. The molecule has 1 rings (SSSR count). The van der Waals surface area contributed by atoms with Crippen LogP contribution in [0.25, 0.3) is 0 Å². The molecule has 0 aromatic heterocycles. The minimum absolute atomic E-state index is 0.308. The van der Waals surface area contributed by atoms with E-state index in [1.807, 2.05) is 36.0 Å². The molecule has 19 heavy (non-hydrogen) atoms. The van der Waals surface area contributed by atoms with Crippen LogP contribution in [0.2, 0.25) is 0 Å². The fourth-order valence-electron chi connectivity index (χ4n) is 1.47. The first-order valence-electron chi connectivity index (χ1n) is 6.49. The molecule has 108 valence electrons. The van der Waals surface area contributed by atoms with Crippen LogP contribution in [0, 0.1) is 0 Å². The highest BCUT2D eigenvalue weighted by Gasteiger charge is 2.08. The zero-order valence-corrected chi connectivity index (χ0v) is 13.8. The van der Waals surface area contributed by atoms with E-state index in [4.69, 9.17) is 4.74 Å². The average molecular weight is 348 g/mol. The maximum Gasteiger partial charge on any atom is 0.119 e. The van der Waals surface area contributed by atoms with Gasteiger partial charge in [-0.1, -0.05) is 22.9 Å². The first-order valence-corrected chi connectivity index (χ1v) is 8.44. The van der Waals surface area contributed by atoms with E-state index in [2.05, 4.69) is 35.1 Å². The molecule has 0 amide bonds. The van der Waals surface area contributed by atoms with E-state index in [0.717, 1.165) is 21.7 Å². The van der Waals surface area contributed by atoms with Gasteiger partial charge in [0.2, 0.25) is 0 Å². The average Bonchev–Trinajstić information content (AvgIpc) is 2.42. The fourth-order valence-corrected chi connectivity index (χ4v) is 2.44. The summed E-state index contributed by atoms with van der Waals surface area (Å²) in [5, 5.41) is 13.1. The van der Waals surface area contributed by atoms with Gasteiger partial charge in [0.05, 0.1) is 0 Å². The smallest absolute Gasteiger partial charge is 0.119 e. The molecule has 0 radical (unpaired) electrons. The molecule has 0 heterocycles. The zero-order valence-electron chi connectivity index (χ0n) is 11.4. The normalized spacial score (nSPS) is 14.1. The summed E-state index contributed by atoms with van der Waals surface area (Å²) in [4.78, 5) is 0. The van der Waals surface area contributed by atoms with Crippen molar-refractivity contribution in [1.29, 1.82) is 0 Å². The summed E-state index contributed by atoms with van der Waals surface area (Å²) in [6.45, 7) is 5.15. The van der Waals surface area contributed by atoms with Crippen molar-refractivity contribution in [2.24, 2.45) is 0 Å². The van der Waals surface area contributed by atoms with Crippen molar-refractivity contribution in [3.8, 4) is 5.75 Å². The summed E-state index contributed by atoms with van der Waals surface area (Å²) in [6, 6.07) is 8.01. The number of halogens is 1.